The van der Waals surface area contributed by atoms with Crippen molar-refractivity contribution in [1.29, 1.82) is 5.26 Å². The first-order valence-corrected chi connectivity index (χ1v) is 4.72. The van der Waals surface area contributed by atoms with Crippen molar-refractivity contribution in [2.24, 2.45) is 0 Å². The topological polar surface area (TPSA) is 27.0 Å². The molecule has 2 heteroatoms. The van der Waals surface area contributed by atoms with E-state index in [1.165, 1.54) is 5.56 Å². The van der Waals surface area contributed by atoms with Crippen LogP contribution in [0.15, 0.2) is 30.4 Å². The number of nitrogens with zero attached hydrogens (tertiary/aromatic N) is 2. The minimum Gasteiger partial charge on any atom is -0.363 e. The van der Waals surface area contributed by atoms with E-state index in [-0.39, 0.29) is 0 Å². The Bertz CT molecular complexity index is 405. The maximum atomic E-state index is 8.97. The van der Waals surface area contributed by atoms with Gasteiger partial charge in [0.05, 0.1) is 11.3 Å². The zero-order valence-corrected chi connectivity index (χ0v) is 8.20. The first-order chi connectivity index (χ1) is 6.81. The molecule has 0 atom stereocenters. The molecule has 70 valence electrons. The van der Waals surface area contributed by atoms with Crippen LogP contribution in [-0.4, -0.2) is 13.1 Å². The third-order valence-electron chi connectivity index (χ3n) is 2.43. The summed E-state index contributed by atoms with van der Waals surface area (Å²) in [4.78, 5) is 2.20. The largest absolute Gasteiger partial charge is 0.363 e. The van der Waals surface area contributed by atoms with Crippen LogP contribution < -0.4 is 4.90 Å². The lowest BCUT2D eigenvalue weighted by molar-refractivity contribution is 1.00. The molecule has 14 heavy (non-hydrogen) atoms. The van der Waals surface area contributed by atoms with Crippen molar-refractivity contribution in [3.63, 3.8) is 0 Å². The second-order valence-electron chi connectivity index (χ2n) is 3.51. The molecule has 1 aromatic carbocycles. The number of aryl methyl sites for hydroxylation is 1. The Hall–Kier alpha value is -1.75. The Kier molecular flexibility index (Phi) is 2.24. The highest BCUT2D eigenvalue weighted by molar-refractivity contribution is 5.62. The second kappa shape index (κ2) is 3.55. The monoisotopic (exact) mass is 184 g/mol. The fraction of sp³-hybridized carbons (Fsp3) is 0.250. The van der Waals surface area contributed by atoms with Crippen molar-refractivity contribution in [2.45, 2.75) is 6.92 Å². The average molecular weight is 184 g/mol. The van der Waals surface area contributed by atoms with Crippen LogP contribution in [0, 0.1) is 18.3 Å². The van der Waals surface area contributed by atoms with Gasteiger partial charge in [0.2, 0.25) is 0 Å². The van der Waals surface area contributed by atoms with Gasteiger partial charge in [-0.2, -0.15) is 5.26 Å². The number of nitriles is 1. The van der Waals surface area contributed by atoms with Gasteiger partial charge in [0.15, 0.2) is 0 Å². The summed E-state index contributed by atoms with van der Waals surface area (Å²) in [6.07, 6.45) is 4.26. The molecule has 0 aromatic heterocycles. The summed E-state index contributed by atoms with van der Waals surface area (Å²) < 4.78 is 0. The molecule has 0 aliphatic carbocycles. The van der Waals surface area contributed by atoms with E-state index < -0.39 is 0 Å². The average Bonchev–Trinajstić information content (AvgIpc) is 2.70. The van der Waals surface area contributed by atoms with Crippen molar-refractivity contribution < 1.29 is 0 Å². The van der Waals surface area contributed by atoms with Crippen LogP contribution in [0.4, 0.5) is 5.69 Å². The zero-order valence-electron chi connectivity index (χ0n) is 8.20. The quantitative estimate of drug-likeness (QED) is 0.626. The molecule has 1 aliphatic heterocycles. The summed E-state index contributed by atoms with van der Waals surface area (Å²) in [7, 11) is 0. The van der Waals surface area contributed by atoms with Crippen LogP contribution in [0.2, 0.25) is 0 Å². The van der Waals surface area contributed by atoms with Crippen molar-refractivity contribution in [3.8, 4) is 6.07 Å². The molecule has 0 radical (unpaired) electrons. The fourth-order valence-electron chi connectivity index (χ4n) is 1.67. The molecular weight excluding hydrogens is 172 g/mol. The molecule has 0 spiro atoms. The molecule has 0 bridgehead atoms. The van der Waals surface area contributed by atoms with Crippen molar-refractivity contribution >= 4 is 5.69 Å². The minimum atomic E-state index is 0.763. The summed E-state index contributed by atoms with van der Waals surface area (Å²) in [5.41, 5.74) is 3.02. The molecule has 2 rings (SSSR count). The van der Waals surface area contributed by atoms with E-state index in [1.807, 2.05) is 19.1 Å². The first kappa shape index (κ1) is 8.83. The van der Waals surface area contributed by atoms with E-state index in [0.717, 1.165) is 24.3 Å². The van der Waals surface area contributed by atoms with Crippen LogP contribution in [0.25, 0.3) is 0 Å². The van der Waals surface area contributed by atoms with Gasteiger partial charge in [-0.3, -0.25) is 0 Å². The SMILES string of the molecule is Cc1ccc(C#N)c(N2CC=CC2)c1. The van der Waals surface area contributed by atoms with Gasteiger partial charge in [-0.25, -0.2) is 0 Å². The Labute approximate surface area is 84.1 Å². The van der Waals surface area contributed by atoms with E-state index in [1.54, 1.807) is 0 Å². The molecule has 2 nitrogen and oxygen atoms in total. The van der Waals surface area contributed by atoms with Crippen molar-refractivity contribution in [2.75, 3.05) is 18.0 Å². The summed E-state index contributed by atoms with van der Waals surface area (Å²) in [6.45, 7) is 3.88. The lowest BCUT2D eigenvalue weighted by Crippen LogP contribution is -2.19. The van der Waals surface area contributed by atoms with Crippen LogP contribution in [0.1, 0.15) is 11.1 Å². The molecule has 0 saturated carbocycles. The molecule has 1 aliphatic rings. The number of anilines is 1. The molecule has 0 saturated heterocycles. The lowest BCUT2D eigenvalue weighted by Gasteiger charge is -2.19. The van der Waals surface area contributed by atoms with Crippen molar-refractivity contribution in [3.05, 3.63) is 41.5 Å². The molecular formula is C12H12N2. The van der Waals surface area contributed by atoms with Crippen LogP contribution in [-0.2, 0) is 0 Å². The highest BCUT2D eigenvalue weighted by Crippen LogP contribution is 2.23. The molecule has 1 aromatic rings. The summed E-state index contributed by atoms with van der Waals surface area (Å²) in [6, 6.07) is 8.17. The third kappa shape index (κ3) is 1.49. The van der Waals surface area contributed by atoms with Gasteiger partial charge in [0.1, 0.15) is 6.07 Å². The molecule has 0 unspecified atom stereocenters. The van der Waals surface area contributed by atoms with Crippen LogP contribution in [0.5, 0.6) is 0 Å². The minimum absolute atomic E-state index is 0.763. The van der Waals surface area contributed by atoms with E-state index >= 15 is 0 Å². The molecule has 0 amide bonds. The fourth-order valence-corrected chi connectivity index (χ4v) is 1.67. The summed E-state index contributed by atoms with van der Waals surface area (Å²) in [5, 5.41) is 8.97. The standard InChI is InChI=1S/C12H12N2/c1-10-4-5-11(9-13)12(8-10)14-6-2-3-7-14/h2-5,8H,6-7H2,1H3. The highest BCUT2D eigenvalue weighted by Gasteiger charge is 2.11. The predicted octanol–water partition coefficient (Wildman–Crippen LogP) is 2.24. The Morgan fingerprint density at radius 1 is 1.29 bits per heavy atom. The molecule has 1 heterocycles. The second-order valence-corrected chi connectivity index (χ2v) is 3.51. The van der Waals surface area contributed by atoms with Crippen LogP contribution >= 0.6 is 0 Å². The normalized spacial score (nSPS) is 14.4. The van der Waals surface area contributed by atoms with Gasteiger partial charge in [0.25, 0.3) is 0 Å². The Morgan fingerprint density at radius 2 is 2.00 bits per heavy atom. The Balaban J connectivity index is 2.40. The van der Waals surface area contributed by atoms with E-state index in [4.69, 9.17) is 5.26 Å². The number of hydrogen-bond acceptors (Lipinski definition) is 2. The lowest BCUT2D eigenvalue weighted by atomic mass is 10.1. The predicted molar refractivity (Wildman–Crippen MR) is 57.2 cm³/mol. The smallest absolute Gasteiger partial charge is 0.101 e. The summed E-state index contributed by atoms with van der Waals surface area (Å²) >= 11 is 0. The van der Waals surface area contributed by atoms with Gasteiger partial charge in [-0.1, -0.05) is 18.2 Å². The summed E-state index contributed by atoms with van der Waals surface area (Å²) in [5.74, 6) is 0. The van der Waals surface area contributed by atoms with Crippen LogP contribution in [0.3, 0.4) is 0 Å². The van der Waals surface area contributed by atoms with Gasteiger partial charge < -0.3 is 4.90 Å². The van der Waals surface area contributed by atoms with E-state index in [0.29, 0.717) is 0 Å². The number of rotatable bonds is 1. The highest BCUT2D eigenvalue weighted by atomic mass is 15.1. The third-order valence-corrected chi connectivity index (χ3v) is 2.43. The maximum Gasteiger partial charge on any atom is 0.101 e. The van der Waals surface area contributed by atoms with E-state index in [2.05, 4.69) is 29.2 Å². The van der Waals surface area contributed by atoms with Gasteiger partial charge in [0, 0.05) is 13.1 Å². The maximum absolute atomic E-state index is 8.97. The van der Waals surface area contributed by atoms with E-state index in [9.17, 15) is 0 Å². The zero-order chi connectivity index (χ0) is 9.97. The molecule has 0 fully saturated rings. The van der Waals surface area contributed by atoms with Gasteiger partial charge in [-0.05, 0) is 24.6 Å². The Morgan fingerprint density at radius 3 is 2.64 bits per heavy atom. The number of hydrogen-bond donors (Lipinski definition) is 0. The number of benzene rings is 1. The van der Waals surface area contributed by atoms with Gasteiger partial charge in [-0.15, -0.1) is 0 Å². The van der Waals surface area contributed by atoms with Crippen molar-refractivity contribution in [1.82, 2.24) is 0 Å². The first-order valence-electron chi connectivity index (χ1n) is 4.72. The molecule has 0 N–H and O–H groups in total. The van der Waals surface area contributed by atoms with Gasteiger partial charge >= 0.3 is 0 Å².